The van der Waals surface area contributed by atoms with Crippen LogP contribution in [0.5, 0.6) is 5.75 Å². The SMILES string of the molecule is CN=C(NCc1cccc(C)n1)N(C)Cc1ccc(OC(F)F)cc1. The van der Waals surface area contributed by atoms with E-state index >= 15 is 0 Å². The maximum atomic E-state index is 12.2. The number of pyridine rings is 1. The van der Waals surface area contributed by atoms with Crippen molar-refractivity contribution in [1.29, 1.82) is 0 Å². The van der Waals surface area contributed by atoms with Crippen LogP contribution >= 0.6 is 0 Å². The summed E-state index contributed by atoms with van der Waals surface area (Å²) >= 11 is 0. The Balaban J connectivity index is 1.92. The fourth-order valence-electron chi connectivity index (χ4n) is 2.38. The molecule has 1 aromatic heterocycles. The summed E-state index contributed by atoms with van der Waals surface area (Å²) in [5, 5.41) is 3.26. The Hall–Kier alpha value is -2.70. The van der Waals surface area contributed by atoms with Gasteiger partial charge in [0.15, 0.2) is 5.96 Å². The number of hydrogen-bond acceptors (Lipinski definition) is 3. The van der Waals surface area contributed by atoms with E-state index in [4.69, 9.17) is 0 Å². The highest BCUT2D eigenvalue weighted by molar-refractivity contribution is 5.79. The molecule has 0 aliphatic carbocycles. The van der Waals surface area contributed by atoms with Gasteiger partial charge in [-0.05, 0) is 36.8 Å². The zero-order valence-corrected chi connectivity index (χ0v) is 14.5. The van der Waals surface area contributed by atoms with Crippen LogP contribution in [-0.4, -0.2) is 36.6 Å². The van der Waals surface area contributed by atoms with Gasteiger partial charge in [0, 0.05) is 26.3 Å². The van der Waals surface area contributed by atoms with Gasteiger partial charge in [-0.2, -0.15) is 8.78 Å². The molecule has 0 amide bonds. The van der Waals surface area contributed by atoms with Gasteiger partial charge in [-0.25, -0.2) is 0 Å². The highest BCUT2D eigenvalue weighted by atomic mass is 19.3. The van der Waals surface area contributed by atoms with Crippen molar-refractivity contribution >= 4 is 5.96 Å². The Morgan fingerprint density at radius 1 is 1.24 bits per heavy atom. The smallest absolute Gasteiger partial charge is 0.387 e. The predicted octanol–water partition coefficient (Wildman–Crippen LogP) is 3.20. The first-order valence-electron chi connectivity index (χ1n) is 7.86. The molecule has 0 unspecified atom stereocenters. The van der Waals surface area contributed by atoms with E-state index in [9.17, 15) is 8.78 Å². The van der Waals surface area contributed by atoms with Gasteiger partial charge in [0.1, 0.15) is 5.75 Å². The monoisotopic (exact) mass is 348 g/mol. The van der Waals surface area contributed by atoms with Crippen molar-refractivity contribution in [1.82, 2.24) is 15.2 Å². The number of aliphatic imine (C=N–C) groups is 1. The molecule has 0 saturated carbocycles. The third kappa shape index (κ3) is 6.02. The van der Waals surface area contributed by atoms with Crippen LogP contribution < -0.4 is 10.1 Å². The number of benzene rings is 1. The van der Waals surface area contributed by atoms with E-state index in [-0.39, 0.29) is 5.75 Å². The second-order valence-corrected chi connectivity index (χ2v) is 5.55. The van der Waals surface area contributed by atoms with E-state index in [1.165, 1.54) is 12.1 Å². The zero-order chi connectivity index (χ0) is 18.2. The Morgan fingerprint density at radius 3 is 2.56 bits per heavy atom. The van der Waals surface area contributed by atoms with Gasteiger partial charge in [-0.3, -0.25) is 9.98 Å². The summed E-state index contributed by atoms with van der Waals surface area (Å²) < 4.78 is 28.7. The summed E-state index contributed by atoms with van der Waals surface area (Å²) in [5.74, 6) is 0.866. The minimum Gasteiger partial charge on any atom is -0.435 e. The summed E-state index contributed by atoms with van der Waals surface area (Å²) in [6.45, 7) is 0.286. The largest absolute Gasteiger partial charge is 0.435 e. The quantitative estimate of drug-likeness (QED) is 0.643. The molecular weight excluding hydrogens is 326 g/mol. The van der Waals surface area contributed by atoms with E-state index in [1.807, 2.05) is 37.1 Å². The number of rotatable bonds is 6. The second-order valence-electron chi connectivity index (χ2n) is 5.55. The number of alkyl halides is 2. The van der Waals surface area contributed by atoms with Crippen LogP contribution in [0.25, 0.3) is 0 Å². The molecule has 1 heterocycles. The third-order valence-electron chi connectivity index (χ3n) is 3.52. The fraction of sp³-hybridized carbons (Fsp3) is 0.333. The van der Waals surface area contributed by atoms with Gasteiger partial charge < -0.3 is 15.0 Å². The number of aryl methyl sites for hydroxylation is 1. The minimum absolute atomic E-state index is 0.148. The number of ether oxygens (including phenoxy) is 1. The van der Waals surface area contributed by atoms with Gasteiger partial charge in [0.2, 0.25) is 0 Å². The predicted molar refractivity (Wildman–Crippen MR) is 93.7 cm³/mol. The number of hydrogen-bond donors (Lipinski definition) is 1. The molecule has 0 spiro atoms. The number of halogens is 2. The molecule has 1 aromatic carbocycles. The average molecular weight is 348 g/mol. The van der Waals surface area contributed by atoms with E-state index in [1.54, 1.807) is 19.2 Å². The fourth-order valence-corrected chi connectivity index (χ4v) is 2.38. The van der Waals surface area contributed by atoms with E-state index < -0.39 is 6.61 Å². The number of guanidine groups is 1. The van der Waals surface area contributed by atoms with Crippen molar-refractivity contribution in [3.63, 3.8) is 0 Å². The molecule has 0 aliphatic rings. The van der Waals surface area contributed by atoms with Crippen molar-refractivity contribution in [2.45, 2.75) is 26.6 Å². The van der Waals surface area contributed by atoms with Crippen molar-refractivity contribution in [3.8, 4) is 5.75 Å². The van der Waals surface area contributed by atoms with Gasteiger partial charge in [-0.1, -0.05) is 18.2 Å². The molecule has 0 bridgehead atoms. The zero-order valence-electron chi connectivity index (χ0n) is 14.5. The van der Waals surface area contributed by atoms with E-state index in [0.717, 1.165) is 22.9 Å². The van der Waals surface area contributed by atoms with Crippen LogP contribution in [0.4, 0.5) is 8.78 Å². The molecule has 0 saturated heterocycles. The third-order valence-corrected chi connectivity index (χ3v) is 3.52. The molecule has 0 fully saturated rings. The lowest BCUT2D eigenvalue weighted by atomic mass is 10.2. The molecule has 2 aromatic rings. The van der Waals surface area contributed by atoms with Gasteiger partial charge in [-0.15, -0.1) is 0 Å². The van der Waals surface area contributed by atoms with Crippen LogP contribution in [0.3, 0.4) is 0 Å². The Labute approximate surface area is 146 Å². The molecule has 25 heavy (non-hydrogen) atoms. The molecule has 0 aliphatic heterocycles. The topological polar surface area (TPSA) is 49.8 Å². The molecule has 134 valence electrons. The summed E-state index contributed by atoms with van der Waals surface area (Å²) in [7, 11) is 3.62. The normalized spacial score (nSPS) is 11.5. The summed E-state index contributed by atoms with van der Waals surface area (Å²) in [6.07, 6.45) is 0. The maximum Gasteiger partial charge on any atom is 0.387 e. The molecule has 0 atom stereocenters. The van der Waals surface area contributed by atoms with Gasteiger partial charge >= 0.3 is 6.61 Å². The number of nitrogens with zero attached hydrogens (tertiary/aromatic N) is 3. The molecule has 5 nitrogen and oxygen atoms in total. The van der Waals surface area contributed by atoms with Crippen LogP contribution in [-0.2, 0) is 13.1 Å². The first kappa shape index (κ1) is 18.6. The summed E-state index contributed by atoms with van der Waals surface area (Å²) in [4.78, 5) is 10.6. The first-order valence-corrected chi connectivity index (χ1v) is 7.86. The number of nitrogens with one attached hydrogen (secondary N) is 1. The van der Waals surface area contributed by atoms with Crippen molar-refractivity contribution < 1.29 is 13.5 Å². The van der Waals surface area contributed by atoms with Gasteiger partial charge in [0.05, 0.1) is 12.2 Å². The van der Waals surface area contributed by atoms with Crippen molar-refractivity contribution in [3.05, 3.63) is 59.4 Å². The summed E-state index contributed by atoms with van der Waals surface area (Å²) in [6, 6.07) is 12.4. The van der Waals surface area contributed by atoms with Crippen molar-refractivity contribution in [2.24, 2.45) is 4.99 Å². The second kappa shape index (κ2) is 8.96. The lowest BCUT2D eigenvalue weighted by molar-refractivity contribution is -0.0498. The van der Waals surface area contributed by atoms with Crippen LogP contribution in [0, 0.1) is 6.92 Å². The lowest BCUT2D eigenvalue weighted by Crippen LogP contribution is -2.38. The number of aromatic nitrogens is 1. The van der Waals surface area contributed by atoms with Crippen molar-refractivity contribution in [2.75, 3.05) is 14.1 Å². The minimum atomic E-state index is -2.81. The lowest BCUT2D eigenvalue weighted by Gasteiger charge is -2.22. The molecule has 1 N–H and O–H groups in total. The Morgan fingerprint density at radius 2 is 1.96 bits per heavy atom. The molecule has 0 radical (unpaired) electrons. The van der Waals surface area contributed by atoms with Gasteiger partial charge in [0.25, 0.3) is 0 Å². The van der Waals surface area contributed by atoms with E-state index in [2.05, 4.69) is 20.0 Å². The molecule has 2 rings (SSSR count). The van der Waals surface area contributed by atoms with Crippen LogP contribution in [0.15, 0.2) is 47.5 Å². The standard InChI is InChI=1S/C18H22F2N4O/c1-13-5-4-6-15(23-13)11-22-18(21-2)24(3)12-14-7-9-16(10-8-14)25-17(19)20/h4-10,17H,11-12H2,1-3H3,(H,21,22). The van der Waals surface area contributed by atoms with Crippen LogP contribution in [0.1, 0.15) is 17.0 Å². The summed E-state index contributed by atoms with van der Waals surface area (Å²) in [5.41, 5.74) is 2.86. The Bertz CT molecular complexity index is 704. The first-order chi connectivity index (χ1) is 12.0. The van der Waals surface area contributed by atoms with E-state index in [0.29, 0.717) is 13.1 Å². The highest BCUT2D eigenvalue weighted by Gasteiger charge is 2.08. The Kier molecular flexibility index (Phi) is 6.68. The highest BCUT2D eigenvalue weighted by Crippen LogP contribution is 2.15. The maximum absolute atomic E-state index is 12.2. The molecular formula is C18H22F2N4O. The van der Waals surface area contributed by atoms with Crippen LogP contribution in [0.2, 0.25) is 0 Å². The molecule has 7 heteroatoms. The average Bonchev–Trinajstić information content (AvgIpc) is 2.57.